The van der Waals surface area contributed by atoms with Crippen LogP contribution in [0.25, 0.3) is 0 Å². The van der Waals surface area contributed by atoms with Gasteiger partial charge in [-0.25, -0.2) is 0 Å². The summed E-state index contributed by atoms with van der Waals surface area (Å²) in [5.74, 6) is 1.40. The fourth-order valence-corrected chi connectivity index (χ4v) is 4.14. The molecule has 1 aliphatic rings. The third kappa shape index (κ3) is 4.13. The van der Waals surface area contributed by atoms with Gasteiger partial charge < -0.3 is 14.2 Å². The fraction of sp³-hybridized carbons (Fsp3) is 0.364. The van der Waals surface area contributed by atoms with Crippen LogP contribution in [-0.2, 0) is 6.54 Å². The molecule has 2 aromatic carbocycles. The van der Waals surface area contributed by atoms with E-state index in [0.29, 0.717) is 48.5 Å². The van der Waals surface area contributed by atoms with Gasteiger partial charge in [-0.05, 0) is 23.8 Å². The van der Waals surface area contributed by atoms with Crippen molar-refractivity contribution in [3.8, 4) is 17.2 Å². The number of rotatable bonds is 9. The first-order chi connectivity index (χ1) is 14.5. The summed E-state index contributed by atoms with van der Waals surface area (Å²) >= 11 is 11.8. The van der Waals surface area contributed by atoms with E-state index in [2.05, 4.69) is 4.90 Å². The van der Waals surface area contributed by atoms with Crippen molar-refractivity contribution in [2.75, 3.05) is 46.2 Å². The zero-order valence-corrected chi connectivity index (χ0v) is 18.6. The van der Waals surface area contributed by atoms with Crippen LogP contribution in [0.5, 0.6) is 17.2 Å². The lowest BCUT2D eigenvalue weighted by molar-refractivity contribution is 0.0973. The lowest BCUT2D eigenvalue weighted by Crippen LogP contribution is -2.28. The Kier molecular flexibility index (Phi) is 7.23. The van der Waals surface area contributed by atoms with Crippen LogP contribution in [0, 0.1) is 0 Å². The fourth-order valence-electron chi connectivity index (χ4n) is 3.66. The smallest absolute Gasteiger partial charge is 0.201 e. The predicted octanol–water partition coefficient (Wildman–Crippen LogP) is 3.77. The third-order valence-electron chi connectivity index (χ3n) is 5.06. The summed E-state index contributed by atoms with van der Waals surface area (Å²) in [6, 6.07) is 6.67. The molecule has 0 bridgehead atoms. The van der Waals surface area contributed by atoms with Gasteiger partial charge in [-0.15, -0.1) is 23.2 Å². The zero-order valence-electron chi connectivity index (χ0n) is 17.1. The van der Waals surface area contributed by atoms with Crippen molar-refractivity contribution in [2.45, 2.75) is 6.54 Å². The molecule has 0 aromatic heterocycles. The summed E-state index contributed by atoms with van der Waals surface area (Å²) in [6.45, 7) is 1.83. The van der Waals surface area contributed by atoms with Gasteiger partial charge in [-0.3, -0.25) is 14.5 Å². The summed E-state index contributed by atoms with van der Waals surface area (Å²) < 4.78 is 16.1. The first kappa shape index (κ1) is 22.4. The topological polar surface area (TPSA) is 65.1 Å². The molecule has 0 saturated carbocycles. The van der Waals surface area contributed by atoms with Crippen LogP contribution in [0.2, 0.25) is 0 Å². The van der Waals surface area contributed by atoms with Gasteiger partial charge in [-0.1, -0.05) is 0 Å². The van der Waals surface area contributed by atoms with Gasteiger partial charge in [0.2, 0.25) is 5.78 Å². The molecule has 0 spiro atoms. The number of hydrogen-bond acceptors (Lipinski definition) is 6. The van der Waals surface area contributed by atoms with Crippen molar-refractivity contribution in [3.63, 3.8) is 0 Å². The number of methoxy groups -OCH3 is 3. The Hall–Kier alpha value is -2.28. The Morgan fingerprint density at radius 1 is 0.767 bits per heavy atom. The normalized spacial score (nSPS) is 12.6. The van der Waals surface area contributed by atoms with E-state index in [0.717, 1.165) is 5.56 Å². The maximum Gasteiger partial charge on any atom is 0.201 e. The Labute approximate surface area is 185 Å². The van der Waals surface area contributed by atoms with Gasteiger partial charge in [0.1, 0.15) is 17.2 Å². The average Bonchev–Trinajstić information content (AvgIpc) is 2.76. The van der Waals surface area contributed by atoms with Crippen LogP contribution in [0.15, 0.2) is 24.3 Å². The number of ether oxygens (including phenoxy) is 3. The third-order valence-corrected chi connectivity index (χ3v) is 5.40. The van der Waals surface area contributed by atoms with Crippen molar-refractivity contribution >= 4 is 34.8 Å². The summed E-state index contributed by atoms with van der Waals surface area (Å²) in [5, 5.41) is 0. The summed E-state index contributed by atoms with van der Waals surface area (Å²) in [4.78, 5) is 28.8. The average molecular weight is 452 g/mol. The van der Waals surface area contributed by atoms with Gasteiger partial charge in [0.15, 0.2) is 5.78 Å². The molecule has 0 unspecified atom stereocenters. The molecular weight excluding hydrogens is 429 g/mol. The number of fused-ring (bicyclic) bond motifs is 2. The number of benzene rings is 2. The van der Waals surface area contributed by atoms with Crippen molar-refractivity contribution in [1.29, 1.82) is 0 Å². The lowest BCUT2D eigenvalue weighted by Gasteiger charge is -2.25. The molecule has 0 atom stereocenters. The Morgan fingerprint density at radius 2 is 1.33 bits per heavy atom. The van der Waals surface area contributed by atoms with Crippen LogP contribution in [-0.4, -0.2) is 62.6 Å². The highest BCUT2D eigenvalue weighted by molar-refractivity contribution is 6.30. The van der Waals surface area contributed by atoms with E-state index in [4.69, 9.17) is 37.4 Å². The van der Waals surface area contributed by atoms with Crippen LogP contribution < -0.4 is 14.2 Å². The predicted molar refractivity (Wildman–Crippen MR) is 116 cm³/mol. The molecule has 2 aromatic rings. The van der Waals surface area contributed by atoms with Gasteiger partial charge >= 0.3 is 0 Å². The molecule has 0 radical (unpaired) electrons. The number of halogens is 2. The Balaban J connectivity index is 2.13. The van der Waals surface area contributed by atoms with E-state index in [1.807, 2.05) is 0 Å². The highest BCUT2D eigenvalue weighted by atomic mass is 35.5. The lowest BCUT2D eigenvalue weighted by atomic mass is 9.82. The van der Waals surface area contributed by atoms with Crippen molar-refractivity contribution in [2.24, 2.45) is 0 Å². The molecule has 6 nitrogen and oxygen atoms in total. The largest absolute Gasteiger partial charge is 0.497 e. The van der Waals surface area contributed by atoms with E-state index in [-0.39, 0.29) is 34.0 Å². The van der Waals surface area contributed by atoms with Crippen molar-refractivity contribution in [1.82, 2.24) is 4.90 Å². The second-order valence-corrected chi connectivity index (χ2v) is 7.54. The summed E-state index contributed by atoms with van der Waals surface area (Å²) in [7, 11) is 4.42. The second-order valence-electron chi connectivity index (χ2n) is 6.79. The van der Waals surface area contributed by atoms with Crippen LogP contribution in [0.1, 0.15) is 37.4 Å². The Bertz CT molecular complexity index is 970. The minimum Gasteiger partial charge on any atom is -0.497 e. The first-order valence-electron chi connectivity index (χ1n) is 9.39. The van der Waals surface area contributed by atoms with E-state index in [1.54, 1.807) is 24.3 Å². The number of carbonyl (C=O) groups is 2. The van der Waals surface area contributed by atoms with Crippen LogP contribution in [0.3, 0.4) is 0 Å². The number of ketones is 2. The van der Waals surface area contributed by atoms with Gasteiger partial charge in [0, 0.05) is 48.6 Å². The monoisotopic (exact) mass is 451 g/mol. The molecule has 160 valence electrons. The second kappa shape index (κ2) is 9.69. The standard InChI is InChI=1S/C22H23Cl2NO5/c1-28-14-10-16-20(18(11-14)30-3)22(27)19-15(21(16)26)8-13(9-17(19)29-2)12-25(6-4-23)7-5-24/h8-11H,4-7,12H2,1-3H3. The SMILES string of the molecule is COc1cc(OC)c2c(c1)C(=O)c1cc(CN(CCCl)CCCl)cc(OC)c1C2=O. The highest BCUT2D eigenvalue weighted by Gasteiger charge is 2.36. The molecule has 0 amide bonds. The minimum absolute atomic E-state index is 0.216. The van der Waals surface area contributed by atoms with Gasteiger partial charge in [-0.2, -0.15) is 0 Å². The molecule has 0 saturated heterocycles. The van der Waals surface area contributed by atoms with E-state index in [9.17, 15) is 9.59 Å². The number of hydrogen-bond donors (Lipinski definition) is 0. The number of nitrogens with zero attached hydrogens (tertiary/aromatic N) is 1. The molecular formula is C22H23Cl2NO5. The maximum absolute atomic E-state index is 13.4. The highest BCUT2D eigenvalue weighted by Crippen LogP contribution is 2.40. The molecule has 30 heavy (non-hydrogen) atoms. The minimum atomic E-state index is -0.319. The molecule has 3 rings (SSSR count). The molecule has 1 aliphatic carbocycles. The quantitative estimate of drug-likeness (QED) is 0.461. The summed E-state index contributed by atoms with van der Waals surface area (Å²) in [6.07, 6.45) is 0. The molecule has 0 fully saturated rings. The van der Waals surface area contributed by atoms with E-state index >= 15 is 0 Å². The van der Waals surface area contributed by atoms with E-state index < -0.39 is 0 Å². The van der Waals surface area contributed by atoms with E-state index in [1.165, 1.54) is 21.3 Å². The Morgan fingerprint density at radius 3 is 1.87 bits per heavy atom. The molecule has 0 aliphatic heterocycles. The summed E-state index contributed by atoms with van der Waals surface area (Å²) in [5.41, 5.74) is 1.84. The van der Waals surface area contributed by atoms with Crippen molar-refractivity contribution < 1.29 is 23.8 Å². The van der Waals surface area contributed by atoms with Crippen molar-refractivity contribution in [3.05, 3.63) is 52.1 Å². The van der Waals surface area contributed by atoms with Crippen LogP contribution in [0.4, 0.5) is 0 Å². The molecule has 8 heteroatoms. The maximum atomic E-state index is 13.4. The van der Waals surface area contributed by atoms with Gasteiger partial charge in [0.25, 0.3) is 0 Å². The molecule has 0 heterocycles. The number of alkyl halides is 2. The number of carbonyl (C=O) groups excluding carboxylic acids is 2. The first-order valence-corrected chi connectivity index (χ1v) is 10.5. The van der Waals surface area contributed by atoms with Crippen LogP contribution >= 0.6 is 23.2 Å². The van der Waals surface area contributed by atoms with Gasteiger partial charge in [0.05, 0.1) is 32.5 Å². The zero-order chi connectivity index (χ0) is 21.8. The molecule has 0 N–H and O–H groups in total.